The van der Waals surface area contributed by atoms with Gasteiger partial charge in [0.15, 0.2) is 0 Å². The SMILES string of the molecule is CC(N[C@H](C)c1ccccc1)c1cc(F)cc(F)c1. The van der Waals surface area contributed by atoms with Gasteiger partial charge in [0.1, 0.15) is 11.6 Å². The van der Waals surface area contributed by atoms with Crippen molar-refractivity contribution in [3.63, 3.8) is 0 Å². The molecule has 0 aliphatic rings. The molecule has 0 saturated heterocycles. The molecule has 3 heteroatoms. The minimum absolute atomic E-state index is 0.113. The lowest BCUT2D eigenvalue weighted by Gasteiger charge is -2.21. The van der Waals surface area contributed by atoms with Crippen molar-refractivity contribution in [2.75, 3.05) is 0 Å². The van der Waals surface area contributed by atoms with Gasteiger partial charge >= 0.3 is 0 Å². The lowest BCUT2D eigenvalue weighted by atomic mass is 10.0. The van der Waals surface area contributed by atoms with Crippen LogP contribution in [0.1, 0.15) is 37.1 Å². The first kappa shape index (κ1) is 13.7. The fourth-order valence-corrected chi connectivity index (χ4v) is 2.13. The first-order chi connectivity index (χ1) is 9.06. The van der Waals surface area contributed by atoms with E-state index in [0.29, 0.717) is 5.56 Å². The predicted octanol–water partition coefficient (Wildman–Crippen LogP) is 4.38. The van der Waals surface area contributed by atoms with Crippen molar-refractivity contribution in [2.45, 2.75) is 25.9 Å². The molecular formula is C16H17F2N. The van der Waals surface area contributed by atoms with E-state index < -0.39 is 11.6 Å². The quantitative estimate of drug-likeness (QED) is 0.861. The first-order valence-corrected chi connectivity index (χ1v) is 6.33. The Kier molecular flexibility index (Phi) is 4.27. The molecule has 1 nitrogen and oxygen atoms in total. The molecule has 1 unspecified atom stereocenters. The van der Waals surface area contributed by atoms with Crippen LogP contribution in [0.3, 0.4) is 0 Å². The molecule has 2 aromatic rings. The number of nitrogens with one attached hydrogen (secondary N) is 1. The molecule has 2 rings (SSSR count). The molecule has 2 aromatic carbocycles. The van der Waals surface area contributed by atoms with Gasteiger partial charge < -0.3 is 5.32 Å². The Morgan fingerprint density at radius 2 is 1.32 bits per heavy atom. The molecule has 0 bridgehead atoms. The minimum atomic E-state index is -0.545. The maximum Gasteiger partial charge on any atom is 0.126 e. The van der Waals surface area contributed by atoms with Crippen LogP contribution in [0.15, 0.2) is 48.5 Å². The van der Waals surface area contributed by atoms with E-state index in [-0.39, 0.29) is 12.1 Å². The van der Waals surface area contributed by atoms with E-state index in [2.05, 4.69) is 5.32 Å². The number of hydrogen-bond acceptors (Lipinski definition) is 1. The van der Waals surface area contributed by atoms with Crippen LogP contribution in [-0.4, -0.2) is 0 Å². The molecule has 1 N–H and O–H groups in total. The third-order valence-corrected chi connectivity index (χ3v) is 3.18. The Morgan fingerprint density at radius 1 is 0.789 bits per heavy atom. The fourth-order valence-electron chi connectivity index (χ4n) is 2.13. The third kappa shape index (κ3) is 3.61. The van der Waals surface area contributed by atoms with Crippen LogP contribution in [0.4, 0.5) is 8.78 Å². The van der Waals surface area contributed by atoms with E-state index in [4.69, 9.17) is 0 Å². The zero-order valence-electron chi connectivity index (χ0n) is 11.0. The van der Waals surface area contributed by atoms with Crippen LogP contribution >= 0.6 is 0 Å². The molecule has 0 aromatic heterocycles. The van der Waals surface area contributed by atoms with Gasteiger partial charge in [0.2, 0.25) is 0 Å². The van der Waals surface area contributed by atoms with E-state index in [9.17, 15) is 8.78 Å². The van der Waals surface area contributed by atoms with Gasteiger partial charge in [-0.25, -0.2) is 8.78 Å². The van der Waals surface area contributed by atoms with Crippen molar-refractivity contribution in [2.24, 2.45) is 0 Å². The molecular weight excluding hydrogens is 244 g/mol. The van der Waals surface area contributed by atoms with Gasteiger partial charge in [-0.3, -0.25) is 0 Å². The molecule has 0 radical (unpaired) electrons. The number of halogens is 2. The number of rotatable bonds is 4. The van der Waals surface area contributed by atoms with Crippen molar-refractivity contribution < 1.29 is 8.78 Å². The van der Waals surface area contributed by atoms with Gasteiger partial charge in [-0.05, 0) is 37.1 Å². The summed E-state index contributed by atoms with van der Waals surface area (Å²) in [6.07, 6.45) is 0. The molecule has 0 heterocycles. The molecule has 0 amide bonds. The fraction of sp³-hybridized carbons (Fsp3) is 0.250. The maximum absolute atomic E-state index is 13.2. The summed E-state index contributed by atoms with van der Waals surface area (Å²) in [6.45, 7) is 3.93. The second-order valence-corrected chi connectivity index (χ2v) is 4.72. The number of benzene rings is 2. The predicted molar refractivity (Wildman–Crippen MR) is 72.8 cm³/mol. The molecule has 0 aliphatic heterocycles. The van der Waals surface area contributed by atoms with Crippen LogP contribution in [0.5, 0.6) is 0 Å². The van der Waals surface area contributed by atoms with Crippen LogP contribution in [0, 0.1) is 11.6 Å². The van der Waals surface area contributed by atoms with Gasteiger partial charge in [-0.2, -0.15) is 0 Å². The van der Waals surface area contributed by atoms with Crippen LogP contribution in [-0.2, 0) is 0 Å². The zero-order valence-corrected chi connectivity index (χ0v) is 11.0. The molecule has 19 heavy (non-hydrogen) atoms. The smallest absolute Gasteiger partial charge is 0.126 e. The molecule has 2 atom stereocenters. The summed E-state index contributed by atoms with van der Waals surface area (Å²) < 4.78 is 26.4. The Labute approximate surface area is 112 Å². The topological polar surface area (TPSA) is 12.0 Å². The highest BCUT2D eigenvalue weighted by Crippen LogP contribution is 2.20. The van der Waals surface area contributed by atoms with Gasteiger partial charge in [0.25, 0.3) is 0 Å². The Morgan fingerprint density at radius 3 is 1.89 bits per heavy atom. The van der Waals surface area contributed by atoms with Crippen molar-refractivity contribution in [1.29, 1.82) is 0 Å². The minimum Gasteiger partial charge on any atom is -0.304 e. The Balaban J connectivity index is 2.10. The van der Waals surface area contributed by atoms with E-state index >= 15 is 0 Å². The van der Waals surface area contributed by atoms with E-state index in [1.807, 2.05) is 44.2 Å². The first-order valence-electron chi connectivity index (χ1n) is 6.33. The zero-order chi connectivity index (χ0) is 13.8. The van der Waals surface area contributed by atoms with Crippen LogP contribution in [0.25, 0.3) is 0 Å². The highest BCUT2D eigenvalue weighted by atomic mass is 19.1. The summed E-state index contributed by atoms with van der Waals surface area (Å²) >= 11 is 0. The average molecular weight is 261 g/mol. The van der Waals surface area contributed by atoms with Gasteiger partial charge in [0.05, 0.1) is 0 Å². The van der Waals surface area contributed by atoms with E-state index in [0.717, 1.165) is 11.6 Å². The lowest BCUT2D eigenvalue weighted by molar-refractivity contribution is 0.487. The average Bonchev–Trinajstić information content (AvgIpc) is 2.38. The molecule has 0 saturated carbocycles. The van der Waals surface area contributed by atoms with Crippen molar-refractivity contribution in [3.8, 4) is 0 Å². The lowest BCUT2D eigenvalue weighted by Crippen LogP contribution is -2.22. The van der Waals surface area contributed by atoms with Crippen LogP contribution in [0.2, 0.25) is 0 Å². The maximum atomic E-state index is 13.2. The van der Waals surface area contributed by atoms with Gasteiger partial charge in [0, 0.05) is 18.2 Å². The summed E-state index contributed by atoms with van der Waals surface area (Å²) in [5.41, 5.74) is 1.76. The largest absolute Gasteiger partial charge is 0.304 e. The normalized spacial score (nSPS) is 14.1. The third-order valence-electron chi connectivity index (χ3n) is 3.18. The Hall–Kier alpha value is -1.74. The second-order valence-electron chi connectivity index (χ2n) is 4.72. The summed E-state index contributed by atoms with van der Waals surface area (Å²) in [7, 11) is 0. The van der Waals surface area contributed by atoms with E-state index in [1.165, 1.54) is 12.1 Å². The summed E-state index contributed by atoms with van der Waals surface area (Å²) in [4.78, 5) is 0. The number of hydrogen-bond donors (Lipinski definition) is 1. The summed E-state index contributed by atoms with van der Waals surface area (Å²) in [5.74, 6) is -1.09. The van der Waals surface area contributed by atoms with Crippen molar-refractivity contribution >= 4 is 0 Å². The highest BCUT2D eigenvalue weighted by molar-refractivity contribution is 5.23. The van der Waals surface area contributed by atoms with Crippen molar-refractivity contribution in [3.05, 3.63) is 71.3 Å². The van der Waals surface area contributed by atoms with Crippen LogP contribution < -0.4 is 5.32 Å². The second kappa shape index (κ2) is 5.93. The molecule has 0 fully saturated rings. The standard InChI is InChI=1S/C16H17F2N/c1-11(13-6-4-3-5-7-13)19-12(2)14-8-15(17)10-16(18)9-14/h3-12,19H,1-2H3/t11-,12?/m1/s1. The van der Waals surface area contributed by atoms with E-state index in [1.54, 1.807) is 0 Å². The Bertz CT molecular complexity index is 519. The van der Waals surface area contributed by atoms with Gasteiger partial charge in [-0.15, -0.1) is 0 Å². The summed E-state index contributed by atoms with van der Waals surface area (Å²) in [5, 5.41) is 3.33. The highest BCUT2D eigenvalue weighted by Gasteiger charge is 2.12. The molecule has 0 aliphatic carbocycles. The molecule has 100 valence electrons. The summed E-state index contributed by atoms with van der Waals surface area (Å²) in [6, 6.07) is 13.5. The van der Waals surface area contributed by atoms with Gasteiger partial charge in [-0.1, -0.05) is 30.3 Å². The molecule has 0 spiro atoms. The monoisotopic (exact) mass is 261 g/mol. The van der Waals surface area contributed by atoms with Crippen molar-refractivity contribution in [1.82, 2.24) is 5.32 Å².